The zero-order valence-corrected chi connectivity index (χ0v) is 11.8. The fraction of sp³-hybridized carbons (Fsp3) is 0.500. The predicted molar refractivity (Wildman–Crippen MR) is 72.9 cm³/mol. The van der Waals surface area contributed by atoms with Crippen molar-refractivity contribution < 1.29 is 14.2 Å². The quantitative estimate of drug-likeness (QED) is 0.814. The van der Waals surface area contributed by atoms with Gasteiger partial charge >= 0.3 is 0 Å². The second-order valence-electron chi connectivity index (χ2n) is 4.47. The number of hydrogen-bond acceptors (Lipinski definition) is 4. The molecule has 5 heteroatoms. The minimum atomic E-state index is -0.973. The van der Waals surface area contributed by atoms with Crippen LogP contribution >= 0.6 is 0 Å². The van der Waals surface area contributed by atoms with Crippen LogP contribution in [-0.4, -0.2) is 37.3 Å². The number of aromatic amines is 1. The highest BCUT2D eigenvalue weighted by Crippen LogP contribution is 2.21. The highest BCUT2D eigenvalue weighted by Gasteiger charge is 2.28. The van der Waals surface area contributed by atoms with Crippen LogP contribution in [0.5, 0.6) is 0 Å². The fourth-order valence-corrected chi connectivity index (χ4v) is 2.19. The summed E-state index contributed by atoms with van der Waals surface area (Å²) in [5.74, 6) is -0.0500. The third kappa shape index (κ3) is 2.94. The second kappa shape index (κ2) is 5.69. The second-order valence-corrected chi connectivity index (χ2v) is 4.47. The first-order chi connectivity index (χ1) is 9.12. The lowest BCUT2D eigenvalue weighted by molar-refractivity contribution is -0.354. The number of nitrogens with one attached hydrogen (secondary N) is 1. The van der Waals surface area contributed by atoms with Gasteiger partial charge in [-0.15, -0.1) is 0 Å². The molecule has 0 spiro atoms. The molecule has 0 atom stereocenters. The molecule has 2 aromatic rings. The lowest BCUT2D eigenvalue weighted by Gasteiger charge is -2.28. The molecule has 1 aromatic heterocycles. The van der Waals surface area contributed by atoms with E-state index in [1.54, 1.807) is 21.3 Å². The topological polar surface area (TPSA) is 56.4 Å². The van der Waals surface area contributed by atoms with E-state index < -0.39 is 5.97 Å². The van der Waals surface area contributed by atoms with E-state index in [0.29, 0.717) is 6.42 Å². The van der Waals surface area contributed by atoms with E-state index in [1.165, 1.54) is 5.56 Å². The van der Waals surface area contributed by atoms with E-state index in [1.807, 2.05) is 13.0 Å². The molecule has 0 radical (unpaired) electrons. The normalized spacial score (nSPS) is 12.2. The molecule has 0 saturated heterocycles. The van der Waals surface area contributed by atoms with Gasteiger partial charge in [0.05, 0.1) is 11.0 Å². The molecule has 0 saturated carbocycles. The van der Waals surface area contributed by atoms with E-state index in [9.17, 15) is 0 Å². The van der Waals surface area contributed by atoms with E-state index in [0.717, 1.165) is 23.3 Å². The molecule has 104 valence electrons. The molecule has 19 heavy (non-hydrogen) atoms. The molecule has 0 amide bonds. The Kier molecular flexibility index (Phi) is 4.19. The molecule has 2 rings (SSSR count). The summed E-state index contributed by atoms with van der Waals surface area (Å²) >= 11 is 0. The van der Waals surface area contributed by atoms with Crippen molar-refractivity contribution in [3.63, 3.8) is 0 Å². The summed E-state index contributed by atoms with van der Waals surface area (Å²) in [6.07, 6.45) is 1.42. The van der Waals surface area contributed by atoms with Gasteiger partial charge in [-0.25, -0.2) is 4.98 Å². The molecule has 0 aliphatic rings. The maximum atomic E-state index is 5.28. The Morgan fingerprint density at radius 2 is 1.84 bits per heavy atom. The molecule has 0 bridgehead atoms. The van der Waals surface area contributed by atoms with Gasteiger partial charge in [0.25, 0.3) is 5.97 Å². The molecule has 0 unspecified atom stereocenters. The molecule has 5 nitrogen and oxygen atoms in total. The Labute approximate surface area is 112 Å². The molecule has 0 aliphatic carbocycles. The molecular weight excluding hydrogens is 244 g/mol. The van der Waals surface area contributed by atoms with Crippen LogP contribution in [0.15, 0.2) is 18.2 Å². The Balaban J connectivity index is 2.12. The van der Waals surface area contributed by atoms with Gasteiger partial charge in [0.15, 0.2) is 0 Å². The number of fused-ring (bicyclic) bond motifs is 1. The Morgan fingerprint density at radius 3 is 2.47 bits per heavy atom. The van der Waals surface area contributed by atoms with Gasteiger partial charge < -0.3 is 19.2 Å². The highest BCUT2D eigenvalue weighted by molar-refractivity contribution is 5.75. The molecule has 0 aliphatic heterocycles. The van der Waals surface area contributed by atoms with Gasteiger partial charge in [-0.3, -0.25) is 0 Å². The van der Waals surface area contributed by atoms with Gasteiger partial charge in [-0.2, -0.15) is 0 Å². The van der Waals surface area contributed by atoms with Crippen LogP contribution in [0.4, 0.5) is 0 Å². The van der Waals surface area contributed by atoms with Gasteiger partial charge in [0, 0.05) is 27.8 Å². The monoisotopic (exact) mass is 264 g/mol. The van der Waals surface area contributed by atoms with Crippen molar-refractivity contribution in [2.45, 2.75) is 25.7 Å². The Bertz CT molecular complexity index is 538. The van der Waals surface area contributed by atoms with E-state index >= 15 is 0 Å². The molecule has 1 heterocycles. The van der Waals surface area contributed by atoms with Crippen molar-refractivity contribution in [1.29, 1.82) is 0 Å². The average molecular weight is 264 g/mol. The summed E-state index contributed by atoms with van der Waals surface area (Å²) in [5.41, 5.74) is 3.22. The first kappa shape index (κ1) is 14.0. The maximum Gasteiger partial charge on any atom is 0.282 e. The summed E-state index contributed by atoms with van der Waals surface area (Å²) in [6.45, 7) is 1.95. The van der Waals surface area contributed by atoms with Gasteiger partial charge in [-0.1, -0.05) is 6.07 Å². The summed E-state index contributed by atoms with van der Waals surface area (Å²) in [7, 11) is 4.73. The van der Waals surface area contributed by atoms with Gasteiger partial charge in [-0.05, 0) is 31.0 Å². The minimum absolute atomic E-state index is 0.620. The molecular formula is C14H20N2O3. The number of rotatable bonds is 6. The van der Waals surface area contributed by atoms with Crippen molar-refractivity contribution in [1.82, 2.24) is 9.97 Å². The van der Waals surface area contributed by atoms with Crippen LogP contribution in [0.3, 0.4) is 0 Å². The molecule has 1 aromatic carbocycles. The summed E-state index contributed by atoms with van der Waals surface area (Å²) in [5, 5.41) is 0. The number of H-pyrrole nitrogens is 1. The molecule has 0 fully saturated rings. The first-order valence-electron chi connectivity index (χ1n) is 6.23. The maximum absolute atomic E-state index is 5.28. The van der Waals surface area contributed by atoms with Crippen LogP contribution in [0.25, 0.3) is 11.0 Å². The number of ether oxygens (including phenoxy) is 3. The van der Waals surface area contributed by atoms with Crippen LogP contribution in [0.1, 0.15) is 17.8 Å². The van der Waals surface area contributed by atoms with Crippen molar-refractivity contribution in [3.8, 4) is 0 Å². The summed E-state index contributed by atoms with van der Waals surface area (Å²) in [6, 6.07) is 6.18. The smallest absolute Gasteiger partial charge is 0.282 e. The number of benzene rings is 1. The van der Waals surface area contributed by atoms with Gasteiger partial charge in [0.2, 0.25) is 0 Å². The summed E-state index contributed by atoms with van der Waals surface area (Å²) in [4.78, 5) is 7.62. The number of nitrogens with zero attached hydrogens (tertiary/aromatic N) is 1. The molecule has 1 N–H and O–H groups in total. The number of methoxy groups -OCH3 is 3. The number of aryl methyl sites for hydroxylation is 2. The van der Waals surface area contributed by atoms with Crippen LogP contribution in [-0.2, 0) is 20.6 Å². The van der Waals surface area contributed by atoms with Crippen molar-refractivity contribution >= 4 is 11.0 Å². The Morgan fingerprint density at radius 1 is 1.16 bits per heavy atom. The zero-order chi connectivity index (χ0) is 13.9. The number of aromatic nitrogens is 2. The Hall–Kier alpha value is -1.43. The lowest BCUT2D eigenvalue weighted by Crippen LogP contribution is -2.36. The number of hydrogen-bond donors (Lipinski definition) is 1. The van der Waals surface area contributed by atoms with Crippen molar-refractivity contribution in [3.05, 3.63) is 29.6 Å². The van der Waals surface area contributed by atoms with E-state index in [2.05, 4.69) is 22.1 Å². The summed E-state index contributed by atoms with van der Waals surface area (Å²) < 4.78 is 15.9. The highest BCUT2D eigenvalue weighted by atomic mass is 16.9. The predicted octanol–water partition coefficient (Wildman–Crippen LogP) is 2.40. The van der Waals surface area contributed by atoms with E-state index in [4.69, 9.17) is 14.2 Å². The van der Waals surface area contributed by atoms with Crippen LogP contribution in [0.2, 0.25) is 0 Å². The van der Waals surface area contributed by atoms with Crippen molar-refractivity contribution in [2.75, 3.05) is 21.3 Å². The van der Waals surface area contributed by atoms with Gasteiger partial charge in [0.1, 0.15) is 5.82 Å². The number of imidazole rings is 1. The first-order valence-corrected chi connectivity index (χ1v) is 6.23. The van der Waals surface area contributed by atoms with Crippen molar-refractivity contribution in [2.24, 2.45) is 0 Å². The third-order valence-electron chi connectivity index (χ3n) is 3.32. The standard InChI is InChI=1S/C14H20N2O3/c1-10-15-12-6-5-11(9-13(12)16-10)7-8-14(17-2,18-3)19-4/h5-6,9H,7-8H2,1-4H3,(H,15,16). The van der Waals surface area contributed by atoms with E-state index in [-0.39, 0.29) is 0 Å². The third-order valence-corrected chi connectivity index (χ3v) is 3.32. The fourth-order valence-electron chi connectivity index (χ4n) is 2.19. The lowest BCUT2D eigenvalue weighted by atomic mass is 10.1. The largest absolute Gasteiger partial charge is 0.342 e. The minimum Gasteiger partial charge on any atom is -0.342 e. The average Bonchev–Trinajstić information content (AvgIpc) is 2.80. The zero-order valence-electron chi connectivity index (χ0n) is 11.8. The SMILES string of the molecule is COC(CCc1ccc2nc(C)[nH]c2c1)(OC)OC. The van der Waals surface area contributed by atoms with Crippen LogP contribution in [0, 0.1) is 6.92 Å². The van der Waals surface area contributed by atoms with Crippen LogP contribution < -0.4 is 0 Å².